The van der Waals surface area contributed by atoms with Gasteiger partial charge in [0, 0.05) is 24.8 Å². The smallest absolute Gasteiger partial charge is 0.238 e. The number of hydrogen-bond donors (Lipinski definition) is 3. The number of carbonyl (C=O) groups excluding carboxylic acids is 2. The zero-order valence-corrected chi connectivity index (χ0v) is 16.0. The standard InChI is InChI=1S/C20H30N4O3/c1-27-17-7-2-6-16(11-17)23-19(25)14-24-10-4-5-15(13-24)12-22-20(26)18-8-3-9-21-18/h2,6-7,11,15,18,21H,3-5,8-10,12-14H2,1H3,(H,22,26)(H,23,25). The van der Waals surface area contributed by atoms with Gasteiger partial charge in [-0.05, 0) is 56.8 Å². The summed E-state index contributed by atoms with van der Waals surface area (Å²) in [5, 5.41) is 9.23. The molecule has 0 spiro atoms. The summed E-state index contributed by atoms with van der Waals surface area (Å²) in [5.41, 5.74) is 0.740. The van der Waals surface area contributed by atoms with Crippen molar-refractivity contribution in [2.24, 2.45) is 5.92 Å². The van der Waals surface area contributed by atoms with Gasteiger partial charge in [0.2, 0.25) is 11.8 Å². The van der Waals surface area contributed by atoms with Crippen LogP contribution in [0.4, 0.5) is 5.69 Å². The van der Waals surface area contributed by atoms with Crippen molar-refractivity contribution in [2.45, 2.75) is 31.7 Å². The van der Waals surface area contributed by atoms with E-state index in [4.69, 9.17) is 4.74 Å². The van der Waals surface area contributed by atoms with Crippen molar-refractivity contribution in [2.75, 3.05) is 45.2 Å². The quantitative estimate of drug-likeness (QED) is 0.668. The number of rotatable bonds is 7. The fourth-order valence-electron chi connectivity index (χ4n) is 3.84. The van der Waals surface area contributed by atoms with Crippen LogP contribution in [0.3, 0.4) is 0 Å². The fourth-order valence-corrected chi connectivity index (χ4v) is 3.84. The summed E-state index contributed by atoms with van der Waals surface area (Å²) in [7, 11) is 1.61. The van der Waals surface area contributed by atoms with Crippen LogP contribution >= 0.6 is 0 Å². The summed E-state index contributed by atoms with van der Waals surface area (Å²) in [4.78, 5) is 26.7. The highest BCUT2D eigenvalue weighted by molar-refractivity contribution is 5.92. The molecule has 0 saturated carbocycles. The predicted molar refractivity (Wildman–Crippen MR) is 105 cm³/mol. The van der Waals surface area contributed by atoms with Gasteiger partial charge in [-0.15, -0.1) is 0 Å². The lowest BCUT2D eigenvalue weighted by Crippen LogP contribution is -2.46. The van der Waals surface area contributed by atoms with Crippen LogP contribution in [-0.2, 0) is 9.59 Å². The number of methoxy groups -OCH3 is 1. The highest BCUT2D eigenvalue weighted by atomic mass is 16.5. The fraction of sp³-hybridized carbons (Fsp3) is 0.600. The lowest BCUT2D eigenvalue weighted by Gasteiger charge is -2.32. The van der Waals surface area contributed by atoms with Crippen LogP contribution in [0.15, 0.2) is 24.3 Å². The molecule has 0 aliphatic carbocycles. The van der Waals surface area contributed by atoms with Crippen molar-refractivity contribution in [1.29, 1.82) is 0 Å². The van der Waals surface area contributed by atoms with E-state index in [9.17, 15) is 9.59 Å². The van der Waals surface area contributed by atoms with E-state index in [0.717, 1.165) is 56.8 Å². The first-order valence-corrected chi connectivity index (χ1v) is 9.81. The topological polar surface area (TPSA) is 82.7 Å². The second-order valence-corrected chi connectivity index (χ2v) is 7.42. The molecule has 0 aromatic heterocycles. The minimum Gasteiger partial charge on any atom is -0.497 e. The number of nitrogens with zero attached hydrogens (tertiary/aromatic N) is 1. The van der Waals surface area contributed by atoms with Crippen molar-refractivity contribution >= 4 is 17.5 Å². The number of amides is 2. The Morgan fingerprint density at radius 1 is 1.30 bits per heavy atom. The normalized spacial score (nSPS) is 23.0. The second kappa shape index (κ2) is 9.71. The molecule has 1 aromatic rings. The average molecular weight is 374 g/mol. The van der Waals surface area contributed by atoms with Gasteiger partial charge in [0.15, 0.2) is 0 Å². The van der Waals surface area contributed by atoms with Crippen LogP contribution < -0.4 is 20.7 Å². The molecular formula is C20H30N4O3. The van der Waals surface area contributed by atoms with Gasteiger partial charge in [-0.1, -0.05) is 6.07 Å². The third-order valence-corrected chi connectivity index (χ3v) is 5.27. The molecule has 7 heteroatoms. The number of anilines is 1. The van der Waals surface area contributed by atoms with E-state index < -0.39 is 0 Å². The Balaban J connectivity index is 1.42. The molecule has 2 aliphatic heterocycles. The maximum absolute atomic E-state index is 12.4. The van der Waals surface area contributed by atoms with Gasteiger partial charge in [0.05, 0.1) is 19.7 Å². The largest absolute Gasteiger partial charge is 0.497 e. The summed E-state index contributed by atoms with van der Waals surface area (Å²) < 4.78 is 5.18. The molecule has 7 nitrogen and oxygen atoms in total. The van der Waals surface area contributed by atoms with Gasteiger partial charge in [0.25, 0.3) is 0 Å². The van der Waals surface area contributed by atoms with Gasteiger partial charge in [-0.25, -0.2) is 0 Å². The molecule has 2 heterocycles. The molecule has 3 N–H and O–H groups in total. The first-order valence-electron chi connectivity index (χ1n) is 9.81. The van der Waals surface area contributed by atoms with Crippen molar-refractivity contribution < 1.29 is 14.3 Å². The van der Waals surface area contributed by atoms with E-state index >= 15 is 0 Å². The number of piperidine rings is 1. The SMILES string of the molecule is COc1cccc(NC(=O)CN2CCCC(CNC(=O)C3CCCN3)C2)c1. The Kier molecular flexibility index (Phi) is 7.06. The van der Waals surface area contributed by atoms with E-state index in [0.29, 0.717) is 19.0 Å². The van der Waals surface area contributed by atoms with E-state index in [1.807, 2.05) is 24.3 Å². The summed E-state index contributed by atoms with van der Waals surface area (Å²) in [6, 6.07) is 7.33. The van der Waals surface area contributed by atoms with Gasteiger partial charge >= 0.3 is 0 Å². The zero-order chi connectivity index (χ0) is 19.1. The molecule has 0 bridgehead atoms. The minimum absolute atomic E-state index is 0.0249. The molecule has 27 heavy (non-hydrogen) atoms. The van der Waals surface area contributed by atoms with Crippen LogP contribution in [-0.4, -0.2) is 62.6 Å². The van der Waals surface area contributed by atoms with E-state index in [-0.39, 0.29) is 17.9 Å². The monoisotopic (exact) mass is 374 g/mol. The van der Waals surface area contributed by atoms with Gasteiger partial charge in [0.1, 0.15) is 5.75 Å². The Hall–Kier alpha value is -2.12. The molecule has 2 aliphatic rings. The van der Waals surface area contributed by atoms with Crippen molar-refractivity contribution in [3.05, 3.63) is 24.3 Å². The van der Waals surface area contributed by atoms with Gasteiger partial charge < -0.3 is 20.7 Å². The zero-order valence-electron chi connectivity index (χ0n) is 16.0. The molecule has 2 amide bonds. The van der Waals surface area contributed by atoms with Crippen LogP contribution in [0.25, 0.3) is 0 Å². The average Bonchev–Trinajstić information content (AvgIpc) is 3.21. The van der Waals surface area contributed by atoms with Crippen LogP contribution in [0, 0.1) is 5.92 Å². The lowest BCUT2D eigenvalue weighted by atomic mass is 9.98. The minimum atomic E-state index is -0.0293. The summed E-state index contributed by atoms with van der Waals surface area (Å²) >= 11 is 0. The Morgan fingerprint density at radius 3 is 2.96 bits per heavy atom. The van der Waals surface area contributed by atoms with E-state index in [2.05, 4.69) is 20.9 Å². The number of likely N-dealkylation sites (tertiary alicyclic amines) is 1. The lowest BCUT2D eigenvalue weighted by molar-refractivity contribution is -0.123. The number of hydrogen-bond acceptors (Lipinski definition) is 5. The Bertz CT molecular complexity index is 646. The number of nitrogens with one attached hydrogen (secondary N) is 3. The number of carbonyl (C=O) groups is 2. The van der Waals surface area contributed by atoms with Crippen molar-refractivity contribution in [1.82, 2.24) is 15.5 Å². The molecular weight excluding hydrogens is 344 g/mol. The number of ether oxygens (including phenoxy) is 1. The van der Waals surface area contributed by atoms with E-state index in [1.54, 1.807) is 7.11 Å². The van der Waals surface area contributed by atoms with Crippen LogP contribution in [0.1, 0.15) is 25.7 Å². The molecule has 2 fully saturated rings. The summed E-state index contributed by atoms with van der Waals surface area (Å²) in [6.07, 6.45) is 4.13. The second-order valence-electron chi connectivity index (χ2n) is 7.42. The molecule has 2 atom stereocenters. The van der Waals surface area contributed by atoms with Crippen LogP contribution in [0.5, 0.6) is 5.75 Å². The molecule has 2 saturated heterocycles. The molecule has 148 valence electrons. The molecule has 2 unspecified atom stereocenters. The first kappa shape index (κ1) is 19.6. The molecule has 0 radical (unpaired) electrons. The van der Waals surface area contributed by atoms with Gasteiger partial charge in [-0.2, -0.15) is 0 Å². The highest BCUT2D eigenvalue weighted by Gasteiger charge is 2.25. The third kappa shape index (κ3) is 5.94. The first-order chi connectivity index (χ1) is 13.1. The molecule has 3 rings (SSSR count). The third-order valence-electron chi connectivity index (χ3n) is 5.27. The van der Waals surface area contributed by atoms with E-state index in [1.165, 1.54) is 0 Å². The van der Waals surface area contributed by atoms with Gasteiger partial charge in [-0.3, -0.25) is 14.5 Å². The Labute approximate surface area is 160 Å². The van der Waals surface area contributed by atoms with Crippen molar-refractivity contribution in [3.63, 3.8) is 0 Å². The summed E-state index contributed by atoms with van der Waals surface area (Å²) in [6.45, 7) is 3.73. The Morgan fingerprint density at radius 2 is 2.19 bits per heavy atom. The summed E-state index contributed by atoms with van der Waals surface area (Å²) in [5.74, 6) is 1.20. The highest BCUT2D eigenvalue weighted by Crippen LogP contribution is 2.18. The number of benzene rings is 1. The van der Waals surface area contributed by atoms with Crippen molar-refractivity contribution in [3.8, 4) is 5.75 Å². The predicted octanol–water partition coefficient (Wildman–Crippen LogP) is 1.21. The molecule has 1 aromatic carbocycles. The maximum Gasteiger partial charge on any atom is 0.238 e. The maximum atomic E-state index is 12.4. The van der Waals surface area contributed by atoms with Crippen LogP contribution in [0.2, 0.25) is 0 Å².